The van der Waals surface area contributed by atoms with Crippen LogP contribution < -0.4 is 0 Å². The number of rotatable bonds is 3. The molecule has 2 heterocycles. The van der Waals surface area contributed by atoms with Crippen molar-refractivity contribution >= 4 is 5.91 Å². The minimum absolute atomic E-state index is 0.0573. The van der Waals surface area contributed by atoms with Crippen molar-refractivity contribution in [3.8, 4) is 0 Å². The van der Waals surface area contributed by atoms with Gasteiger partial charge in [0, 0.05) is 50.1 Å². The summed E-state index contributed by atoms with van der Waals surface area (Å²) in [7, 11) is 0. The molecule has 3 aliphatic rings. The molecule has 142 valence electrons. The van der Waals surface area contributed by atoms with Crippen molar-refractivity contribution in [2.75, 3.05) is 26.2 Å². The molecule has 3 fully saturated rings. The van der Waals surface area contributed by atoms with Crippen molar-refractivity contribution in [1.29, 1.82) is 0 Å². The van der Waals surface area contributed by atoms with E-state index in [2.05, 4.69) is 4.90 Å². The molecule has 2 aliphatic heterocycles. The third-order valence-electron chi connectivity index (χ3n) is 6.79. The molecule has 2 saturated heterocycles. The predicted octanol–water partition coefficient (Wildman–Crippen LogP) is 2.72. The van der Waals surface area contributed by atoms with Gasteiger partial charge in [-0.2, -0.15) is 0 Å². The lowest BCUT2D eigenvalue weighted by molar-refractivity contribution is -0.153. The molecule has 1 saturated carbocycles. The van der Waals surface area contributed by atoms with E-state index in [9.17, 15) is 14.3 Å². The smallest absolute Gasteiger partial charge is 0.225 e. The second kappa shape index (κ2) is 6.93. The van der Waals surface area contributed by atoms with Crippen LogP contribution in [0, 0.1) is 24.6 Å². The van der Waals surface area contributed by atoms with E-state index in [1.54, 1.807) is 13.0 Å². The molecule has 1 aliphatic carbocycles. The lowest BCUT2D eigenvalue weighted by atomic mass is 9.74. The fraction of sp³-hybridized carbons (Fsp3) is 0.667. The van der Waals surface area contributed by atoms with Crippen LogP contribution in [0.4, 0.5) is 4.39 Å². The van der Waals surface area contributed by atoms with Gasteiger partial charge >= 0.3 is 0 Å². The summed E-state index contributed by atoms with van der Waals surface area (Å²) in [6.45, 7) is 5.16. The zero-order valence-corrected chi connectivity index (χ0v) is 15.6. The Bertz CT molecular complexity index is 691. The maximum Gasteiger partial charge on any atom is 0.225 e. The van der Waals surface area contributed by atoms with Gasteiger partial charge in [0.05, 0.1) is 5.60 Å². The first kappa shape index (κ1) is 17.9. The highest BCUT2D eigenvalue weighted by molar-refractivity contribution is 5.79. The number of amides is 1. The number of carbonyl (C=O) groups excluding carboxylic acids is 1. The summed E-state index contributed by atoms with van der Waals surface area (Å²) in [5.74, 6) is 0.420. The predicted molar refractivity (Wildman–Crippen MR) is 98.0 cm³/mol. The van der Waals surface area contributed by atoms with Crippen LogP contribution in [0.15, 0.2) is 18.2 Å². The highest BCUT2D eigenvalue weighted by Gasteiger charge is 2.46. The average molecular weight is 360 g/mol. The van der Waals surface area contributed by atoms with Crippen molar-refractivity contribution < 1.29 is 14.3 Å². The van der Waals surface area contributed by atoms with Crippen molar-refractivity contribution in [2.24, 2.45) is 11.8 Å². The molecule has 26 heavy (non-hydrogen) atoms. The number of likely N-dealkylation sites (tertiary alicyclic amines) is 2. The highest BCUT2D eigenvalue weighted by Crippen LogP contribution is 2.38. The van der Waals surface area contributed by atoms with Gasteiger partial charge in [0.15, 0.2) is 0 Å². The van der Waals surface area contributed by atoms with Crippen molar-refractivity contribution in [3.63, 3.8) is 0 Å². The summed E-state index contributed by atoms with van der Waals surface area (Å²) in [4.78, 5) is 16.8. The summed E-state index contributed by atoms with van der Waals surface area (Å²) in [5.41, 5.74) is 0.720. The minimum atomic E-state index is -0.669. The van der Waals surface area contributed by atoms with Crippen LogP contribution in [0.1, 0.15) is 43.2 Å². The Kier molecular flexibility index (Phi) is 4.78. The molecule has 1 aromatic rings. The van der Waals surface area contributed by atoms with Crippen LogP contribution in [0.3, 0.4) is 0 Å². The van der Waals surface area contributed by atoms with Gasteiger partial charge in [-0.15, -0.1) is 0 Å². The van der Waals surface area contributed by atoms with E-state index in [1.807, 2.05) is 17.0 Å². The maximum absolute atomic E-state index is 14.3. The molecular weight excluding hydrogens is 331 g/mol. The number of aryl methyl sites for hydroxylation is 1. The Labute approximate surface area is 155 Å². The number of hydrogen-bond acceptors (Lipinski definition) is 3. The van der Waals surface area contributed by atoms with Gasteiger partial charge in [-0.25, -0.2) is 4.39 Å². The number of piperidine rings is 2. The molecule has 0 radical (unpaired) electrons. The van der Waals surface area contributed by atoms with E-state index in [4.69, 9.17) is 0 Å². The Morgan fingerprint density at radius 2 is 2.04 bits per heavy atom. The van der Waals surface area contributed by atoms with Crippen LogP contribution in [0.2, 0.25) is 0 Å². The third-order valence-corrected chi connectivity index (χ3v) is 6.79. The van der Waals surface area contributed by atoms with Gasteiger partial charge in [0.1, 0.15) is 5.82 Å². The number of carbonyl (C=O) groups is 1. The van der Waals surface area contributed by atoms with E-state index in [-0.39, 0.29) is 23.6 Å². The lowest BCUT2D eigenvalue weighted by Crippen LogP contribution is -2.61. The standard InChI is InChI=1S/C21H29FN2O2/c1-15-4-2-7-17(19(15)22)12-23-10-8-21(26)9-11-24(14-18(21)13-23)20(25)16-5-3-6-16/h2,4,7,16,18,26H,3,5-6,8-14H2,1H3/t18-,21-/m1/s1. The molecule has 1 N–H and O–H groups in total. The Morgan fingerprint density at radius 1 is 1.27 bits per heavy atom. The second-order valence-electron chi connectivity index (χ2n) is 8.50. The minimum Gasteiger partial charge on any atom is -0.389 e. The highest BCUT2D eigenvalue weighted by atomic mass is 19.1. The van der Waals surface area contributed by atoms with Gasteiger partial charge in [-0.05, 0) is 38.2 Å². The lowest BCUT2D eigenvalue weighted by Gasteiger charge is -2.51. The van der Waals surface area contributed by atoms with Gasteiger partial charge < -0.3 is 10.0 Å². The first-order chi connectivity index (χ1) is 12.5. The van der Waals surface area contributed by atoms with E-state index in [0.717, 1.165) is 32.4 Å². The van der Waals surface area contributed by atoms with Crippen LogP contribution in [0.25, 0.3) is 0 Å². The van der Waals surface area contributed by atoms with Gasteiger partial charge in [0.2, 0.25) is 5.91 Å². The SMILES string of the molecule is Cc1cccc(CN2CC[C@@]3(O)CCN(C(=O)C4CCC4)C[C@H]3C2)c1F. The summed E-state index contributed by atoms with van der Waals surface area (Å²) in [6, 6.07) is 5.53. The molecule has 0 aromatic heterocycles. The number of halogens is 1. The molecular formula is C21H29FN2O2. The van der Waals surface area contributed by atoms with Gasteiger partial charge in [-0.1, -0.05) is 24.6 Å². The first-order valence-electron chi connectivity index (χ1n) is 9.94. The first-order valence-corrected chi connectivity index (χ1v) is 9.94. The number of benzene rings is 1. The van der Waals surface area contributed by atoms with E-state index in [1.165, 1.54) is 0 Å². The Hall–Kier alpha value is -1.46. The normalized spacial score (nSPS) is 30.0. The van der Waals surface area contributed by atoms with Crippen LogP contribution in [0.5, 0.6) is 0 Å². The fourth-order valence-electron chi connectivity index (χ4n) is 4.70. The second-order valence-corrected chi connectivity index (χ2v) is 8.50. The van der Waals surface area contributed by atoms with Crippen LogP contribution in [-0.2, 0) is 11.3 Å². The molecule has 0 unspecified atom stereocenters. The largest absolute Gasteiger partial charge is 0.389 e. The summed E-state index contributed by atoms with van der Waals surface area (Å²) in [5, 5.41) is 11.0. The molecule has 0 spiro atoms. The topological polar surface area (TPSA) is 43.8 Å². The molecule has 4 nitrogen and oxygen atoms in total. The zero-order chi connectivity index (χ0) is 18.3. The molecule has 1 amide bonds. The van der Waals surface area contributed by atoms with E-state index < -0.39 is 5.60 Å². The number of hydrogen-bond donors (Lipinski definition) is 1. The number of aliphatic hydroxyl groups is 1. The average Bonchev–Trinajstić information content (AvgIpc) is 2.57. The quantitative estimate of drug-likeness (QED) is 0.901. The summed E-state index contributed by atoms with van der Waals surface area (Å²) < 4.78 is 14.3. The Morgan fingerprint density at radius 3 is 2.77 bits per heavy atom. The van der Waals surface area contributed by atoms with Gasteiger partial charge in [0.25, 0.3) is 0 Å². The monoisotopic (exact) mass is 360 g/mol. The van der Waals surface area contributed by atoms with Crippen LogP contribution in [-0.4, -0.2) is 52.6 Å². The van der Waals surface area contributed by atoms with Crippen molar-refractivity contribution in [1.82, 2.24) is 9.80 Å². The summed E-state index contributed by atoms with van der Waals surface area (Å²) >= 11 is 0. The molecule has 5 heteroatoms. The van der Waals surface area contributed by atoms with E-state index >= 15 is 0 Å². The molecule has 2 atom stereocenters. The molecule has 1 aromatic carbocycles. The fourth-order valence-corrected chi connectivity index (χ4v) is 4.70. The maximum atomic E-state index is 14.3. The van der Waals surface area contributed by atoms with Crippen molar-refractivity contribution in [3.05, 3.63) is 35.1 Å². The van der Waals surface area contributed by atoms with E-state index in [0.29, 0.717) is 43.6 Å². The molecule has 4 rings (SSSR count). The van der Waals surface area contributed by atoms with Gasteiger partial charge in [-0.3, -0.25) is 9.69 Å². The van der Waals surface area contributed by atoms with Crippen LogP contribution >= 0.6 is 0 Å². The number of fused-ring (bicyclic) bond motifs is 1. The van der Waals surface area contributed by atoms with Crippen molar-refractivity contribution in [2.45, 2.75) is 51.2 Å². The zero-order valence-electron chi connectivity index (χ0n) is 15.6. The third kappa shape index (κ3) is 3.27. The molecule has 0 bridgehead atoms. The number of nitrogens with zero attached hydrogens (tertiary/aromatic N) is 2. The Balaban J connectivity index is 1.43. The summed E-state index contributed by atoms with van der Waals surface area (Å²) in [6.07, 6.45) is 4.57.